The minimum absolute atomic E-state index is 0.00517. The molecular formula is C10H10BrFN4O2S. The van der Waals surface area contributed by atoms with Gasteiger partial charge in [-0.2, -0.15) is 0 Å². The summed E-state index contributed by atoms with van der Waals surface area (Å²) in [5.41, 5.74) is 6.22. The highest BCUT2D eigenvalue weighted by Gasteiger charge is 2.21. The van der Waals surface area contributed by atoms with Crippen LogP contribution in [0.25, 0.3) is 0 Å². The van der Waals surface area contributed by atoms with Crippen LogP contribution in [0.2, 0.25) is 0 Å². The number of hydrogen-bond acceptors (Lipinski definition) is 4. The van der Waals surface area contributed by atoms with E-state index in [2.05, 4.69) is 30.6 Å². The van der Waals surface area contributed by atoms with E-state index in [1.807, 2.05) is 0 Å². The maximum Gasteiger partial charge on any atom is 0.243 e. The van der Waals surface area contributed by atoms with Gasteiger partial charge in [0.1, 0.15) is 4.90 Å². The molecule has 102 valence electrons. The van der Waals surface area contributed by atoms with Gasteiger partial charge in [-0.15, -0.1) is 0 Å². The van der Waals surface area contributed by atoms with Gasteiger partial charge in [-0.3, -0.25) is 0 Å². The molecule has 0 unspecified atom stereocenters. The van der Waals surface area contributed by atoms with E-state index >= 15 is 0 Å². The molecule has 2 rings (SSSR count). The summed E-state index contributed by atoms with van der Waals surface area (Å²) in [5.74, 6) is -0.883. The summed E-state index contributed by atoms with van der Waals surface area (Å²) in [6, 6.07) is 2.36. The molecule has 0 spiro atoms. The summed E-state index contributed by atoms with van der Waals surface area (Å²) in [7, 11) is -3.99. The van der Waals surface area contributed by atoms with Crippen molar-refractivity contribution >= 4 is 31.6 Å². The van der Waals surface area contributed by atoms with Crippen LogP contribution >= 0.6 is 15.9 Å². The van der Waals surface area contributed by atoms with E-state index in [-0.39, 0.29) is 16.7 Å². The summed E-state index contributed by atoms with van der Waals surface area (Å²) in [5, 5.41) is 0. The highest BCUT2D eigenvalue weighted by Crippen LogP contribution is 2.26. The number of nitrogen functional groups attached to an aromatic ring is 1. The summed E-state index contributed by atoms with van der Waals surface area (Å²) >= 11 is 2.92. The monoisotopic (exact) mass is 348 g/mol. The first-order valence-corrected chi connectivity index (χ1v) is 7.39. The van der Waals surface area contributed by atoms with Crippen LogP contribution in [0.5, 0.6) is 0 Å². The van der Waals surface area contributed by atoms with Crippen LogP contribution in [-0.2, 0) is 16.6 Å². The molecule has 9 heteroatoms. The summed E-state index contributed by atoms with van der Waals surface area (Å²) in [6.45, 7) is -0.0197. The van der Waals surface area contributed by atoms with E-state index in [1.165, 1.54) is 18.6 Å². The van der Waals surface area contributed by atoms with Crippen molar-refractivity contribution in [2.24, 2.45) is 0 Å². The third-order valence-corrected chi connectivity index (χ3v) is 4.29. The lowest BCUT2D eigenvalue weighted by Crippen LogP contribution is -2.24. The molecule has 0 radical (unpaired) electrons. The molecule has 0 saturated heterocycles. The molecule has 1 aromatic heterocycles. The molecule has 0 fully saturated rings. The van der Waals surface area contributed by atoms with E-state index < -0.39 is 20.7 Å². The Hall–Kier alpha value is -1.45. The van der Waals surface area contributed by atoms with Crippen molar-refractivity contribution in [3.8, 4) is 0 Å². The van der Waals surface area contributed by atoms with Crippen molar-refractivity contribution in [3.05, 3.63) is 40.6 Å². The van der Waals surface area contributed by atoms with Crippen molar-refractivity contribution < 1.29 is 12.8 Å². The van der Waals surface area contributed by atoms with E-state index in [4.69, 9.17) is 5.73 Å². The van der Waals surface area contributed by atoms with Crippen LogP contribution in [0.15, 0.2) is 34.0 Å². The zero-order chi connectivity index (χ0) is 14.0. The minimum atomic E-state index is -3.99. The molecule has 0 amide bonds. The highest BCUT2D eigenvalue weighted by atomic mass is 79.9. The normalized spacial score (nSPS) is 11.7. The van der Waals surface area contributed by atoms with E-state index in [9.17, 15) is 12.8 Å². The number of aromatic nitrogens is 2. The highest BCUT2D eigenvalue weighted by molar-refractivity contribution is 9.10. The standard InChI is InChI=1S/C10H10BrFN4O2S/c11-8-1-6(13)2-9(10(8)12)19(17,18)16-4-7-3-14-5-15-7/h1-3,5,16H,4,13H2,(H,14,15). The topological polar surface area (TPSA) is 101 Å². The predicted molar refractivity (Wildman–Crippen MR) is 71.1 cm³/mol. The predicted octanol–water partition coefficient (Wildman–Crippen LogP) is 1.37. The van der Waals surface area contributed by atoms with Gasteiger partial charge in [0.2, 0.25) is 10.0 Å². The van der Waals surface area contributed by atoms with Gasteiger partial charge in [0, 0.05) is 17.6 Å². The first-order chi connectivity index (χ1) is 8.90. The van der Waals surface area contributed by atoms with Gasteiger partial charge in [0.25, 0.3) is 0 Å². The maximum absolute atomic E-state index is 13.8. The fraction of sp³-hybridized carbons (Fsp3) is 0.100. The molecule has 0 aliphatic rings. The van der Waals surface area contributed by atoms with Gasteiger partial charge in [-0.05, 0) is 28.1 Å². The second-order valence-corrected chi connectivity index (χ2v) is 6.31. The molecule has 2 aromatic rings. The SMILES string of the molecule is Nc1cc(Br)c(F)c(S(=O)(=O)NCc2cnc[nH]2)c1. The summed E-state index contributed by atoms with van der Waals surface area (Å²) in [4.78, 5) is 5.98. The number of aromatic amines is 1. The molecule has 0 bridgehead atoms. The van der Waals surface area contributed by atoms with Crippen LogP contribution in [0, 0.1) is 5.82 Å². The maximum atomic E-state index is 13.8. The fourth-order valence-corrected chi connectivity index (χ4v) is 3.16. The number of benzene rings is 1. The van der Waals surface area contributed by atoms with Crippen molar-refractivity contribution in [1.82, 2.24) is 14.7 Å². The zero-order valence-electron chi connectivity index (χ0n) is 9.52. The Labute approximate surface area is 117 Å². The smallest absolute Gasteiger partial charge is 0.243 e. The zero-order valence-corrected chi connectivity index (χ0v) is 11.9. The van der Waals surface area contributed by atoms with Crippen molar-refractivity contribution in [2.45, 2.75) is 11.4 Å². The quantitative estimate of drug-likeness (QED) is 0.726. The number of sulfonamides is 1. The van der Waals surface area contributed by atoms with Gasteiger partial charge in [0.15, 0.2) is 5.82 Å². The average Bonchev–Trinajstić information content (AvgIpc) is 2.84. The van der Waals surface area contributed by atoms with E-state index in [0.29, 0.717) is 5.69 Å². The summed E-state index contributed by atoms with van der Waals surface area (Å²) in [6.07, 6.45) is 2.88. The number of imidazole rings is 1. The van der Waals surface area contributed by atoms with Gasteiger partial charge < -0.3 is 10.7 Å². The van der Waals surface area contributed by atoms with Crippen LogP contribution in [0.4, 0.5) is 10.1 Å². The van der Waals surface area contributed by atoms with Gasteiger partial charge >= 0.3 is 0 Å². The Morgan fingerprint density at radius 3 is 2.84 bits per heavy atom. The second kappa shape index (κ2) is 5.27. The Kier molecular flexibility index (Phi) is 3.88. The molecule has 0 saturated carbocycles. The average molecular weight is 349 g/mol. The molecule has 6 nitrogen and oxygen atoms in total. The van der Waals surface area contributed by atoms with Crippen LogP contribution in [-0.4, -0.2) is 18.4 Å². The van der Waals surface area contributed by atoms with E-state index in [0.717, 1.165) is 6.07 Å². The molecule has 0 atom stereocenters. The van der Waals surface area contributed by atoms with Crippen LogP contribution in [0.1, 0.15) is 5.69 Å². The Bertz CT molecular complexity index is 688. The van der Waals surface area contributed by atoms with Crippen molar-refractivity contribution in [3.63, 3.8) is 0 Å². The molecule has 19 heavy (non-hydrogen) atoms. The number of nitrogens with zero attached hydrogens (tertiary/aromatic N) is 1. The molecule has 0 aliphatic heterocycles. The van der Waals surface area contributed by atoms with Gasteiger partial charge in [-0.25, -0.2) is 22.5 Å². The third kappa shape index (κ3) is 3.11. The number of rotatable bonds is 4. The number of anilines is 1. The van der Waals surface area contributed by atoms with Gasteiger partial charge in [-0.1, -0.05) is 0 Å². The minimum Gasteiger partial charge on any atom is -0.399 e. The van der Waals surface area contributed by atoms with Gasteiger partial charge in [0.05, 0.1) is 17.3 Å². The largest absolute Gasteiger partial charge is 0.399 e. The van der Waals surface area contributed by atoms with E-state index in [1.54, 1.807) is 0 Å². The first-order valence-electron chi connectivity index (χ1n) is 5.11. The molecule has 0 aliphatic carbocycles. The van der Waals surface area contributed by atoms with Crippen LogP contribution in [0.3, 0.4) is 0 Å². The Morgan fingerprint density at radius 2 is 2.21 bits per heavy atom. The number of nitrogens with two attached hydrogens (primary N) is 1. The van der Waals surface area contributed by atoms with Crippen molar-refractivity contribution in [1.29, 1.82) is 0 Å². The first kappa shape index (κ1) is 14.0. The molecule has 4 N–H and O–H groups in total. The Balaban J connectivity index is 2.29. The lowest BCUT2D eigenvalue weighted by molar-refractivity contribution is 0.553. The third-order valence-electron chi connectivity index (χ3n) is 2.31. The van der Waals surface area contributed by atoms with Crippen molar-refractivity contribution in [2.75, 3.05) is 5.73 Å². The molecular weight excluding hydrogens is 339 g/mol. The second-order valence-electron chi connectivity index (χ2n) is 3.72. The fourth-order valence-electron chi connectivity index (χ4n) is 1.41. The number of hydrogen-bond donors (Lipinski definition) is 3. The molecule has 1 aromatic carbocycles. The Morgan fingerprint density at radius 1 is 1.47 bits per heavy atom. The number of H-pyrrole nitrogens is 1. The number of halogens is 2. The lowest BCUT2D eigenvalue weighted by Gasteiger charge is -2.08. The summed E-state index contributed by atoms with van der Waals surface area (Å²) < 4.78 is 40.0. The lowest BCUT2D eigenvalue weighted by atomic mass is 10.3. The molecule has 1 heterocycles. The van der Waals surface area contributed by atoms with Crippen LogP contribution < -0.4 is 10.5 Å². The number of nitrogens with one attached hydrogen (secondary N) is 2.